The van der Waals surface area contributed by atoms with E-state index in [2.05, 4.69) is 16.0 Å². The number of nitrogens with zero attached hydrogens (tertiary/aromatic N) is 4. The first-order chi connectivity index (χ1) is 27.4. The topological polar surface area (TPSA) is 207 Å². The number of nitrogens with one attached hydrogen (secondary N) is 3. The van der Waals surface area contributed by atoms with Gasteiger partial charge in [-0.05, 0) is 85.1 Å². The molecule has 6 amide bonds. The number of esters is 1. The molecule has 60 heavy (non-hydrogen) atoms. The number of amides is 6. The fourth-order valence-corrected chi connectivity index (χ4v) is 6.34. The standard InChI is InChI=1S/C43H81N7O10/c1-20-27(8)33(40(56)48(16)28(9)23-47(15)32(22-25(4)5)37(53)44-31(21-24(2)3)41(57)59-19)45-38(54)34(35(51)26(6)7)46-36(52)29(10)49(17)39(55)30(11)50(18)42(58)60-43(12,13)14/h24-35,51H,20-23H2,1-19H3,(H,44,53)(H,45,54)(H,46,52)/t27-,28-,29+,30-,31-,32-,33+,34+,35+/m0/s1. The van der Waals surface area contributed by atoms with Crippen molar-refractivity contribution in [1.82, 2.24) is 35.6 Å². The smallest absolute Gasteiger partial charge is 0.410 e. The van der Waals surface area contributed by atoms with Crippen molar-refractivity contribution in [2.75, 3.05) is 41.8 Å². The number of hydrogen-bond donors (Lipinski definition) is 4. The van der Waals surface area contributed by atoms with E-state index in [0.29, 0.717) is 19.3 Å². The molecule has 0 fully saturated rings. The Morgan fingerprint density at radius 1 is 0.650 bits per heavy atom. The number of carbonyl (C=O) groups excluding carboxylic acids is 7. The Morgan fingerprint density at radius 3 is 1.62 bits per heavy atom. The Morgan fingerprint density at radius 2 is 1.17 bits per heavy atom. The molecule has 0 aliphatic carbocycles. The average Bonchev–Trinajstić information content (AvgIpc) is 3.16. The molecule has 0 aromatic heterocycles. The van der Waals surface area contributed by atoms with Crippen molar-refractivity contribution in [3.8, 4) is 0 Å². The van der Waals surface area contributed by atoms with Crippen molar-refractivity contribution >= 4 is 41.6 Å². The minimum Gasteiger partial charge on any atom is -0.467 e. The Kier molecular flexibility index (Phi) is 23.4. The lowest BCUT2D eigenvalue weighted by Gasteiger charge is -2.37. The Balaban J connectivity index is 6.27. The molecule has 17 heteroatoms. The number of likely N-dealkylation sites (N-methyl/N-ethyl adjacent to an activating group) is 4. The van der Waals surface area contributed by atoms with Crippen LogP contribution in [0.5, 0.6) is 0 Å². The highest BCUT2D eigenvalue weighted by molar-refractivity contribution is 5.95. The number of methoxy groups -OCH3 is 1. The van der Waals surface area contributed by atoms with Gasteiger partial charge < -0.3 is 40.3 Å². The molecule has 348 valence electrons. The van der Waals surface area contributed by atoms with Gasteiger partial charge in [-0.3, -0.25) is 33.8 Å². The predicted molar refractivity (Wildman–Crippen MR) is 231 cm³/mol. The van der Waals surface area contributed by atoms with Gasteiger partial charge in [-0.2, -0.15) is 0 Å². The summed E-state index contributed by atoms with van der Waals surface area (Å²) < 4.78 is 10.3. The van der Waals surface area contributed by atoms with Crippen LogP contribution in [-0.4, -0.2) is 162 Å². The van der Waals surface area contributed by atoms with Crippen molar-refractivity contribution in [1.29, 1.82) is 0 Å². The molecule has 0 aliphatic heterocycles. The molecule has 0 bridgehead atoms. The molecule has 4 N–H and O–H groups in total. The zero-order chi connectivity index (χ0) is 47.1. The molecule has 0 unspecified atom stereocenters. The Hall–Kier alpha value is -3.99. The van der Waals surface area contributed by atoms with Gasteiger partial charge in [-0.25, -0.2) is 9.59 Å². The second-order valence-electron chi connectivity index (χ2n) is 18.6. The van der Waals surface area contributed by atoms with Gasteiger partial charge in [-0.15, -0.1) is 0 Å². The lowest BCUT2D eigenvalue weighted by molar-refractivity contribution is -0.146. The molecule has 0 aliphatic rings. The SMILES string of the molecule is CC[C@H](C)[C@@H](NC(=O)[C@H](NC(=O)[C@@H](C)N(C)C(=O)[C@H](C)N(C)C(=O)OC(C)(C)C)[C@H](O)C(C)C)C(=O)N(C)[C@@H](C)CN(C)[C@@H](CC(C)C)C(=O)N[C@@H](CC(C)C)C(=O)OC. The minimum atomic E-state index is -1.49. The molecule has 0 aromatic rings. The van der Waals surface area contributed by atoms with Crippen LogP contribution in [0.25, 0.3) is 0 Å². The molecular weight excluding hydrogens is 775 g/mol. The summed E-state index contributed by atoms with van der Waals surface area (Å²) in [6, 6.07) is -6.51. The van der Waals surface area contributed by atoms with Crippen LogP contribution >= 0.6 is 0 Å². The molecular formula is C43H81N7O10. The zero-order valence-electron chi connectivity index (χ0n) is 40.2. The van der Waals surface area contributed by atoms with Crippen LogP contribution in [0.4, 0.5) is 4.79 Å². The largest absolute Gasteiger partial charge is 0.467 e. The second kappa shape index (κ2) is 25.1. The van der Waals surface area contributed by atoms with Crippen molar-refractivity contribution in [3.05, 3.63) is 0 Å². The van der Waals surface area contributed by atoms with E-state index in [1.165, 1.54) is 40.0 Å². The van der Waals surface area contributed by atoms with Gasteiger partial charge in [-0.1, -0.05) is 61.8 Å². The van der Waals surface area contributed by atoms with E-state index in [9.17, 15) is 38.7 Å². The third-order valence-electron chi connectivity index (χ3n) is 10.9. The average molecular weight is 856 g/mol. The third-order valence-corrected chi connectivity index (χ3v) is 10.9. The summed E-state index contributed by atoms with van der Waals surface area (Å²) >= 11 is 0. The summed E-state index contributed by atoms with van der Waals surface area (Å²) in [6.07, 6.45) is -0.662. The number of carbonyl (C=O) groups is 7. The van der Waals surface area contributed by atoms with Crippen LogP contribution in [-0.2, 0) is 38.2 Å². The second-order valence-corrected chi connectivity index (χ2v) is 18.6. The van der Waals surface area contributed by atoms with Crippen LogP contribution in [0.15, 0.2) is 0 Å². The first-order valence-electron chi connectivity index (χ1n) is 21.3. The van der Waals surface area contributed by atoms with E-state index in [0.717, 1.165) is 9.80 Å². The van der Waals surface area contributed by atoms with Gasteiger partial charge in [0.05, 0.1) is 19.3 Å². The van der Waals surface area contributed by atoms with E-state index in [4.69, 9.17) is 9.47 Å². The van der Waals surface area contributed by atoms with Gasteiger partial charge in [0.1, 0.15) is 35.8 Å². The van der Waals surface area contributed by atoms with Crippen molar-refractivity contribution in [3.63, 3.8) is 0 Å². The molecule has 0 heterocycles. The summed E-state index contributed by atoms with van der Waals surface area (Å²) in [6.45, 7) is 25.1. The van der Waals surface area contributed by atoms with Gasteiger partial charge in [0, 0.05) is 33.7 Å². The minimum absolute atomic E-state index is 0.130. The number of aliphatic hydroxyl groups is 1. The molecule has 0 spiro atoms. The van der Waals surface area contributed by atoms with E-state index >= 15 is 0 Å². The first-order valence-corrected chi connectivity index (χ1v) is 21.3. The summed E-state index contributed by atoms with van der Waals surface area (Å²) in [5.74, 6) is -3.90. The predicted octanol–water partition coefficient (Wildman–Crippen LogP) is 3.02. The monoisotopic (exact) mass is 856 g/mol. The Labute approximate surface area is 360 Å². The molecule has 0 radical (unpaired) electrons. The molecule has 0 aromatic carbocycles. The van der Waals surface area contributed by atoms with Crippen LogP contribution in [0, 0.1) is 23.7 Å². The number of rotatable bonds is 23. The molecule has 0 rings (SSSR count). The van der Waals surface area contributed by atoms with Crippen LogP contribution < -0.4 is 16.0 Å². The molecule has 17 nitrogen and oxygen atoms in total. The maximum atomic E-state index is 14.2. The highest BCUT2D eigenvalue weighted by Crippen LogP contribution is 2.18. The molecule has 0 saturated heterocycles. The van der Waals surface area contributed by atoms with Crippen molar-refractivity contribution in [2.45, 2.75) is 170 Å². The highest BCUT2D eigenvalue weighted by atomic mass is 16.6. The lowest BCUT2D eigenvalue weighted by atomic mass is 9.94. The number of ether oxygens (including phenoxy) is 2. The zero-order valence-corrected chi connectivity index (χ0v) is 40.2. The Bertz CT molecular complexity index is 1430. The van der Waals surface area contributed by atoms with Crippen molar-refractivity contribution in [2.24, 2.45) is 23.7 Å². The van der Waals surface area contributed by atoms with Crippen LogP contribution in [0.1, 0.15) is 116 Å². The summed E-state index contributed by atoms with van der Waals surface area (Å²) in [5, 5.41) is 19.5. The third kappa shape index (κ3) is 17.5. The first kappa shape index (κ1) is 56.0. The van der Waals surface area contributed by atoms with E-state index in [1.807, 2.05) is 53.4 Å². The van der Waals surface area contributed by atoms with Gasteiger partial charge >= 0.3 is 12.1 Å². The van der Waals surface area contributed by atoms with Crippen LogP contribution in [0.3, 0.4) is 0 Å². The normalized spacial score (nSPS) is 16.4. The number of aliphatic hydroxyl groups excluding tert-OH is 1. The maximum Gasteiger partial charge on any atom is 0.410 e. The van der Waals surface area contributed by atoms with Crippen LogP contribution in [0.2, 0.25) is 0 Å². The fourth-order valence-electron chi connectivity index (χ4n) is 6.34. The quantitative estimate of drug-likeness (QED) is 0.110. The van der Waals surface area contributed by atoms with E-state index < -0.39 is 95.6 Å². The summed E-state index contributed by atoms with van der Waals surface area (Å²) in [5.41, 5.74) is -0.786. The van der Waals surface area contributed by atoms with Gasteiger partial charge in [0.2, 0.25) is 29.5 Å². The highest BCUT2D eigenvalue weighted by Gasteiger charge is 2.39. The van der Waals surface area contributed by atoms with E-state index in [1.54, 1.807) is 48.7 Å². The lowest BCUT2D eigenvalue weighted by Crippen LogP contribution is -2.62. The van der Waals surface area contributed by atoms with Gasteiger partial charge in [0.15, 0.2) is 0 Å². The fraction of sp³-hybridized carbons (Fsp3) is 0.837. The molecule has 0 saturated carbocycles. The maximum absolute atomic E-state index is 14.2. The number of hydrogen-bond acceptors (Lipinski definition) is 11. The molecule has 9 atom stereocenters. The summed E-state index contributed by atoms with van der Waals surface area (Å²) in [4.78, 5) is 99.8. The summed E-state index contributed by atoms with van der Waals surface area (Å²) in [7, 11) is 7.51. The van der Waals surface area contributed by atoms with E-state index in [-0.39, 0.29) is 30.2 Å². The van der Waals surface area contributed by atoms with Gasteiger partial charge in [0.25, 0.3) is 0 Å². The van der Waals surface area contributed by atoms with Crippen molar-refractivity contribution < 1.29 is 48.1 Å².